The van der Waals surface area contributed by atoms with Crippen LogP contribution in [-0.4, -0.2) is 30.8 Å². The summed E-state index contributed by atoms with van der Waals surface area (Å²) in [7, 11) is 0. The highest BCUT2D eigenvalue weighted by molar-refractivity contribution is 5.64. The van der Waals surface area contributed by atoms with Crippen molar-refractivity contribution in [2.75, 3.05) is 19.6 Å². The van der Waals surface area contributed by atoms with Crippen molar-refractivity contribution >= 4 is 6.09 Å². The van der Waals surface area contributed by atoms with E-state index >= 15 is 0 Å². The van der Waals surface area contributed by atoms with Crippen molar-refractivity contribution in [1.29, 1.82) is 0 Å². The van der Waals surface area contributed by atoms with Crippen molar-refractivity contribution < 1.29 is 9.90 Å². The Morgan fingerprint density at radius 3 is 2.54 bits per heavy atom. The number of hydrogen-bond acceptors (Lipinski definition) is 2. The average molecular weight is 184 g/mol. The molecule has 1 heterocycles. The monoisotopic (exact) mass is 184 g/mol. The van der Waals surface area contributed by atoms with E-state index in [1.807, 2.05) is 0 Å². The van der Waals surface area contributed by atoms with Gasteiger partial charge in [0.2, 0.25) is 0 Å². The van der Waals surface area contributed by atoms with Gasteiger partial charge in [0.05, 0.1) is 0 Å². The highest BCUT2D eigenvalue weighted by Gasteiger charge is 2.38. The minimum Gasteiger partial charge on any atom is -0.465 e. The van der Waals surface area contributed by atoms with Crippen LogP contribution in [0.15, 0.2) is 0 Å². The largest absolute Gasteiger partial charge is 0.465 e. The molecule has 2 aliphatic rings. The number of carboxylic acid groups (broad SMARTS) is 1. The van der Waals surface area contributed by atoms with E-state index in [2.05, 4.69) is 10.6 Å². The molecule has 1 saturated carbocycles. The van der Waals surface area contributed by atoms with Crippen molar-refractivity contribution in [3.8, 4) is 0 Å². The minimum atomic E-state index is -0.891. The Bertz CT molecular complexity index is 192. The van der Waals surface area contributed by atoms with E-state index in [0.29, 0.717) is 24.3 Å². The van der Waals surface area contributed by atoms with Crippen molar-refractivity contribution in [3.05, 3.63) is 0 Å². The second-order valence-corrected chi connectivity index (χ2v) is 4.11. The number of rotatable bonds is 2. The maximum Gasteiger partial charge on any atom is 0.404 e. The first-order valence-electron chi connectivity index (χ1n) is 4.95. The van der Waals surface area contributed by atoms with Gasteiger partial charge in [-0.15, -0.1) is 0 Å². The summed E-state index contributed by atoms with van der Waals surface area (Å²) in [4.78, 5) is 10.3. The molecule has 1 saturated heterocycles. The van der Waals surface area contributed by atoms with Crippen LogP contribution in [0.4, 0.5) is 4.79 Å². The van der Waals surface area contributed by atoms with E-state index < -0.39 is 6.09 Å². The number of fused-ring (bicyclic) bond motifs is 2. The van der Waals surface area contributed by atoms with Crippen LogP contribution in [0.1, 0.15) is 12.8 Å². The normalized spacial score (nSPS) is 37.4. The molecule has 2 fully saturated rings. The Morgan fingerprint density at radius 1 is 1.38 bits per heavy atom. The minimum absolute atomic E-state index is 0.581. The first-order valence-corrected chi connectivity index (χ1v) is 4.95. The molecule has 0 spiro atoms. The molecule has 0 unspecified atom stereocenters. The van der Waals surface area contributed by atoms with E-state index in [-0.39, 0.29) is 0 Å². The molecule has 3 N–H and O–H groups in total. The van der Waals surface area contributed by atoms with Gasteiger partial charge in [-0.3, -0.25) is 0 Å². The van der Waals surface area contributed by atoms with E-state index in [0.717, 1.165) is 13.1 Å². The third-order valence-electron chi connectivity index (χ3n) is 3.42. The lowest BCUT2D eigenvalue weighted by atomic mass is 9.86. The predicted octanol–water partition coefficient (Wildman–Crippen LogP) is 0.500. The Balaban J connectivity index is 1.88. The summed E-state index contributed by atoms with van der Waals surface area (Å²) in [5.74, 6) is 1.98. The summed E-state index contributed by atoms with van der Waals surface area (Å²) in [6, 6.07) is 0. The van der Waals surface area contributed by atoms with E-state index in [1.54, 1.807) is 0 Å². The van der Waals surface area contributed by atoms with Gasteiger partial charge in [0.25, 0.3) is 0 Å². The van der Waals surface area contributed by atoms with Gasteiger partial charge in [-0.25, -0.2) is 4.79 Å². The van der Waals surface area contributed by atoms with E-state index in [4.69, 9.17) is 5.11 Å². The van der Waals surface area contributed by atoms with Gasteiger partial charge in [0.15, 0.2) is 0 Å². The smallest absolute Gasteiger partial charge is 0.404 e. The molecule has 2 bridgehead atoms. The zero-order valence-corrected chi connectivity index (χ0v) is 7.62. The molecule has 0 radical (unpaired) electrons. The fourth-order valence-corrected chi connectivity index (χ4v) is 2.74. The van der Waals surface area contributed by atoms with Crippen molar-refractivity contribution in [2.45, 2.75) is 12.8 Å². The predicted molar refractivity (Wildman–Crippen MR) is 48.6 cm³/mol. The number of hydrogen-bond donors (Lipinski definition) is 3. The van der Waals surface area contributed by atoms with Gasteiger partial charge in [-0.2, -0.15) is 0 Å². The van der Waals surface area contributed by atoms with Gasteiger partial charge in [0.1, 0.15) is 0 Å². The summed E-state index contributed by atoms with van der Waals surface area (Å²) in [6.07, 6.45) is 1.64. The third-order valence-corrected chi connectivity index (χ3v) is 3.42. The summed E-state index contributed by atoms with van der Waals surface area (Å²) in [5.41, 5.74) is 0. The second kappa shape index (κ2) is 3.54. The highest BCUT2D eigenvalue weighted by atomic mass is 16.4. The molecule has 4 nitrogen and oxygen atoms in total. The van der Waals surface area contributed by atoms with Crippen molar-refractivity contribution in [1.82, 2.24) is 10.6 Å². The standard InChI is InChI=1S/C9H16N2O2/c12-9(13)11-5-8-6-1-2-7(8)4-10-3-6/h6-8,10-11H,1-5H2,(H,12,13)/t6-,7+,8+. The third kappa shape index (κ3) is 1.77. The number of nitrogens with one attached hydrogen (secondary N) is 2. The van der Waals surface area contributed by atoms with Gasteiger partial charge >= 0.3 is 6.09 Å². The van der Waals surface area contributed by atoms with Crippen LogP contribution in [0.25, 0.3) is 0 Å². The van der Waals surface area contributed by atoms with E-state index in [9.17, 15) is 4.79 Å². The molecule has 13 heavy (non-hydrogen) atoms. The summed E-state index contributed by atoms with van der Waals surface area (Å²) in [6.45, 7) is 2.79. The molecule has 0 aromatic rings. The van der Waals surface area contributed by atoms with Crippen LogP contribution in [0.5, 0.6) is 0 Å². The topological polar surface area (TPSA) is 61.4 Å². The lowest BCUT2D eigenvalue weighted by molar-refractivity contribution is 0.182. The van der Waals surface area contributed by atoms with Gasteiger partial charge < -0.3 is 15.7 Å². The maximum atomic E-state index is 10.3. The zero-order chi connectivity index (χ0) is 9.26. The van der Waals surface area contributed by atoms with Crippen molar-refractivity contribution in [2.24, 2.45) is 17.8 Å². The molecule has 74 valence electrons. The van der Waals surface area contributed by atoms with Gasteiger partial charge in [-0.05, 0) is 43.7 Å². The molecule has 4 heteroatoms. The lowest BCUT2D eigenvalue weighted by Gasteiger charge is -2.30. The maximum absolute atomic E-state index is 10.3. The fourth-order valence-electron chi connectivity index (χ4n) is 2.74. The molecule has 0 aromatic heterocycles. The van der Waals surface area contributed by atoms with Gasteiger partial charge in [0, 0.05) is 6.54 Å². The second-order valence-electron chi connectivity index (χ2n) is 4.11. The number of amides is 1. The quantitative estimate of drug-likeness (QED) is 0.585. The summed E-state index contributed by atoms with van der Waals surface area (Å²) >= 11 is 0. The zero-order valence-electron chi connectivity index (χ0n) is 7.62. The fraction of sp³-hybridized carbons (Fsp3) is 0.889. The number of carbonyl (C=O) groups is 1. The molecule has 1 amide bonds. The van der Waals surface area contributed by atoms with Crippen LogP contribution >= 0.6 is 0 Å². The SMILES string of the molecule is O=C(O)NC[C@H]1[C@@H]2CC[C@H]1CNC2. The summed E-state index contributed by atoms with van der Waals surface area (Å²) in [5, 5.41) is 14.4. The van der Waals surface area contributed by atoms with Crippen LogP contribution in [-0.2, 0) is 0 Å². The summed E-state index contributed by atoms with van der Waals surface area (Å²) < 4.78 is 0. The Morgan fingerprint density at radius 2 is 2.00 bits per heavy atom. The van der Waals surface area contributed by atoms with E-state index in [1.165, 1.54) is 12.8 Å². The van der Waals surface area contributed by atoms with Gasteiger partial charge in [-0.1, -0.05) is 0 Å². The van der Waals surface area contributed by atoms with Crippen LogP contribution in [0.2, 0.25) is 0 Å². The molecule has 1 aliphatic carbocycles. The molecule has 1 aliphatic heterocycles. The molecule has 0 aromatic carbocycles. The first kappa shape index (κ1) is 8.81. The van der Waals surface area contributed by atoms with Crippen LogP contribution < -0.4 is 10.6 Å². The Labute approximate surface area is 77.7 Å². The number of piperidine rings is 1. The Hall–Kier alpha value is -0.770. The molecular formula is C9H16N2O2. The van der Waals surface area contributed by atoms with Crippen LogP contribution in [0, 0.1) is 17.8 Å². The van der Waals surface area contributed by atoms with Crippen molar-refractivity contribution in [3.63, 3.8) is 0 Å². The molecule has 3 atom stereocenters. The lowest BCUT2D eigenvalue weighted by Crippen LogP contribution is -2.43. The van der Waals surface area contributed by atoms with Crippen LogP contribution in [0.3, 0.4) is 0 Å². The molecular weight excluding hydrogens is 168 g/mol. The average Bonchev–Trinajstić information content (AvgIpc) is 2.34. The Kier molecular flexibility index (Phi) is 2.40. The highest BCUT2D eigenvalue weighted by Crippen LogP contribution is 2.38. The first-order chi connectivity index (χ1) is 6.27. The molecule has 2 rings (SSSR count).